The number of aryl methyl sites for hydroxylation is 1. The molecule has 0 saturated carbocycles. The minimum absolute atomic E-state index is 0.0222. The van der Waals surface area contributed by atoms with Gasteiger partial charge in [0.1, 0.15) is 5.82 Å². The molecule has 1 aromatic carbocycles. The number of benzene rings is 1. The number of rotatable bonds is 5. The largest absolute Gasteiger partial charge is 0.361 e. The molecule has 2 aromatic heterocycles. The molecule has 1 aliphatic rings. The lowest BCUT2D eigenvalue weighted by molar-refractivity contribution is -0.126. The second-order valence-electron chi connectivity index (χ2n) is 7.36. The summed E-state index contributed by atoms with van der Waals surface area (Å²) >= 11 is 0. The molecule has 3 N–H and O–H groups in total. The van der Waals surface area contributed by atoms with Crippen molar-refractivity contribution in [1.29, 1.82) is 0 Å². The van der Waals surface area contributed by atoms with Crippen LogP contribution in [0.5, 0.6) is 0 Å². The molecule has 0 spiro atoms. The highest BCUT2D eigenvalue weighted by Crippen LogP contribution is 2.25. The van der Waals surface area contributed by atoms with Crippen LogP contribution in [0.3, 0.4) is 0 Å². The first kappa shape index (κ1) is 18.2. The Hall–Kier alpha value is -3.15. The normalized spacial score (nSPS) is 17.5. The standard InChI is InChI=1S/C22H24N4O2/c1-14-24-20(12-21(27)25-14)19(26-22(28)15-7-3-2-4-8-15)11-16-13-23-18-10-6-5-9-17(16)18/h2-3,5-6,9-10,12-13,15,19,23H,4,7-8,11H2,1H3,(H,26,28)(H,24,25,27)/t15-,19+/m1/s1. The van der Waals surface area contributed by atoms with E-state index in [2.05, 4.69) is 38.5 Å². The second-order valence-corrected chi connectivity index (χ2v) is 7.36. The molecular formula is C22H24N4O2. The Morgan fingerprint density at radius 2 is 2.18 bits per heavy atom. The Balaban J connectivity index is 1.65. The molecule has 144 valence electrons. The third-order valence-electron chi connectivity index (χ3n) is 5.29. The number of amides is 1. The molecule has 0 bridgehead atoms. The van der Waals surface area contributed by atoms with E-state index in [0.29, 0.717) is 17.9 Å². The number of aromatic amines is 2. The number of aromatic nitrogens is 3. The summed E-state index contributed by atoms with van der Waals surface area (Å²) in [5, 5.41) is 4.27. The second kappa shape index (κ2) is 7.84. The zero-order valence-electron chi connectivity index (χ0n) is 15.9. The van der Waals surface area contributed by atoms with Gasteiger partial charge in [0.05, 0.1) is 11.7 Å². The maximum absolute atomic E-state index is 12.9. The quantitative estimate of drug-likeness (QED) is 0.597. The first-order valence-corrected chi connectivity index (χ1v) is 9.68. The number of allylic oxidation sites excluding steroid dienone is 2. The highest BCUT2D eigenvalue weighted by Gasteiger charge is 2.24. The molecule has 1 amide bonds. The maximum atomic E-state index is 12.9. The zero-order valence-corrected chi connectivity index (χ0v) is 15.9. The molecule has 0 aliphatic heterocycles. The Labute approximate surface area is 163 Å². The highest BCUT2D eigenvalue weighted by atomic mass is 16.2. The summed E-state index contributed by atoms with van der Waals surface area (Å²) in [5.41, 5.74) is 2.52. The van der Waals surface area contributed by atoms with Crippen molar-refractivity contribution in [2.45, 2.75) is 38.6 Å². The van der Waals surface area contributed by atoms with Crippen LogP contribution in [-0.4, -0.2) is 20.9 Å². The fourth-order valence-electron chi connectivity index (χ4n) is 3.85. The molecule has 0 fully saturated rings. The van der Waals surface area contributed by atoms with Gasteiger partial charge in [0.25, 0.3) is 5.56 Å². The third kappa shape index (κ3) is 3.91. The van der Waals surface area contributed by atoms with Crippen LogP contribution in [0, 0.1) is 12.8 Å². The Morgan fingerprint density at radius 3 is 2.96 bits per heavy atom. The van der Waals surface area contributed by atoms with E-state index in [1.165, 1.54) is 6.07 Å². The minimum Gasteiger partial charge on any atom is -0.361 e. The number of nitrogens with zero attached hydrogens (tertiary/aromatic N) is 1. The van der Waals surface area contributed by atoms with Gasteiger partial charge in [0.15, 0.2) is 0 Å². The van der Waals surface area contributed by atoms with Crippen LogP contribution < -0.4 is 10.9 Å². The fraction of sp³-hybridized carbons (Fsp3) is 0.318. The van der Waals surface area contributed by atoms with E-state index in [-0.39, 0.29) is 23.4 Å². The molecular weight excluding hydrogens is 352 g/mol. The van der Waals surface area contributed by atoms with Crippen molar-refractivity contribution in [2.24, 2.45) is 5.92 Å². The van der Waals surface area contributed by atoms with Gasteiger partial charge >= 0.3 is 0 Å². The number of hydrogen-bond acceptors (Lipinski definition) is 3. The van der Waals surface area contributed by atoms with Gasteiger partial charge in [0, 0.05) is 35.5 Å². The SMILES string of the molecule is Cc1nc([C@H](Cc2c[nH]c3ccccc23)NC(=O)[C@@H]2CC=CCC2)cc(=O)[nH]1. The van der Waals surface area contributed by atoms with E-state index in [1.807, 2.05) is 24.4 Å². The molecule has 6 nitrogen and oxygen atoms in total. The van der Waals surface area contributed by atoms with Crippen molar-refractivity contribution < 1.29 is 4.79 Å². The predicted molar refractivity (Wildman–Crippen MR) is 109 cm³/mol. The van der Waals surface area contributed by atoms with E-state index in [9.17, 15) is 9.59 Å². The van der Waals surface area contributed by atoms with Crippen LogP contribution in [-0.2, 0) is 11.2 Å². The molecule has 4 rings (SSSR count). The van der Waals surface area contributed by atoms with E-state index in [1.54, 1.807) is 6.92 Å². The van der Waals surface area contributed by atoms with Gasteiger partial charge in [-0.2, -0.15) is 0 Å². The summed E-state index contributed by atoms with van der Waals surface area (Å²) in [6.07, 6.45) is 9.25. The average molecular weight is 376 g/mol. The first-order chi connectivity index (χ1) is 13.6. The van der Waals surface area contributed by atoms with Crippen molar-refractivity contribution in [1.82, 2.24) is 20.3 Å². The monoisotopic (exact) mass is 376 g/mol. The molecule has 0 unspecified atom stereocenters. The number of para-hydroxylation sites is 1. The Morgan fingerprint density at radius 1 is 1.32 bits per heavy atom. The lowest BCUT2D eigenvalue weighted by atomic mass is 9.92. The average Bonchev–Trinajstić information content (AvgIpc) is 3.10. The summed E-state index contributed by atoms with van der Waals surface area (Å²) in [5.74, 6) is 0.536. The molecule has 6 heteroatoms. The zero-order chi connectivity index (χ0) is 19.5. The van der Waals surface area contributed by atoms with E-state index >= 15 is 0 Å². The van der Waals surface area contributed by atoms with Gasteiger partial charge in [0.2, 0.25) is 5.91 Å². The lowest BCUT2D eigenvalue weighted by Crippen LogP contribution is -2.36. The van der Waals surface area contributed by atoms with E-state index < -0.39 is 0 Å². The molecule has 28 heavy (non-hydrogen) atoms. The Bertz CT molecular complexity index is 1080. The highest BCUT2D eigenvalue weighted by molar-refractivity contribution is 5.83. The molecule has 2 heterocycles. The number of hydrogen-bond donors (Lipinski definition) is 3. The minimum atomic E-state index is -0.362. The van der Waals surface area contributed by atoms with Gasteiger partial charge in [-0.15, -0.1) is 0 Å². The van der Waals surface area contributed by atoms with E-state index in [4.69, 9.17) is 0 Å². The number of H-pyrrole nitrogens is 2. The van der Waals surface area contributed by atoms with Gasteiger partial charge < -0.3 is 15.3 Å². The van der Waals surface area contributed by atoms with E-state index in [0.717, 1.165) is 35.7 Å². The number of fused-ring (bicyclic) bond motifs is 1. The maximum Gasteiger partial charge on any atom is 0.251 e. The van der Waals surface area contributed by atoms with Crippen LogP contribution >= 0.6 is 0 Å². The van der Waals surface area contributed by atoms with Crippen LogP contribution in [0.4, 0.5) is 0 Å². The van der Waals surface area contributed by atoms with Gasteiger partial charge in [-0.05, 0) is 37.8 Å². The van der Waals surface area contributed by atoms with Crippen LogP contribution in [0.2, 0.25) is 0 Å². The summed E-state index contributed by atoms with van der Waals surface area (Å²) < 4.78 is 0. The van der Waals surface area contributed by atoms with Crippen molar-refractivity contribution >= 4 is 16.8 Å². The summed E-state index contributed by atoms with van der Waals surface area (Å²) in [4.78, 5) is 35.3. The van der Waals surface area contributed by atoms with Crippen molar-refractivity contribution in [2.75, 3.05) is 0 Å². The molecule has 2 atom stereocenters. The van der Waals surface area contributed by atoms with Crippen LogP contribution in [0.1, 0.15) is 42.4 Å². The van der Waals surface area contributed by atoms with Crippen LogP contribution in [0.15, 0.2) is 53.5 Å². The van der Waals surface area contributed by atoms with Crippen LogP contribution in [0.25, 0.3) is 10.9 Å². The van der Waals surface area contributed by atoms with Crippen molar-refractivity contribution in [3.8, 4) is 0 Å². The van der Waals surface area contributed by atoms with Gasteiger partial charge in [-0.1, -0.05) is 30.4 Å². The smallest absolute Gasteiger partial charge is 0.251 e. The summed E-state index contributed by atoms with van der Waals surface area (Å²) in [7, 11) is 0. The Kier molecular flexibility index (Phi) is 5.10. The topological polar surface area (TPSA) is 90.6 Å². The molecule has 0 radical (unpaired) electrons. The van der Waals surface area contributed by atoms with Crippen molar-refractivity contribution in [3.63, 3.8) is 0 Å². The molecule has 1 aliphatic carbocycles. The molecule has 3 aromatic rings. The van der Waals surface area contributed by atoms with Crippen molar-refractivity contribution in [3.05, 3.63) is 76.1 Å². The predicted octanol–water partition coefficient (Wildman–Crippen LogP) is 3.32. The summed E-state index contributed by atoms with van der Waals surface area (Å²) in [6, 6.07) is 9.18. The first-order valence-electron chi connectivity index (χ1n) is 9.68. The number of carbonyl (C=O) groups is 1. The summed E-state index contributed by atoms with van der Waals surface area (Å²) in [6.45, 7) is 1.75. The van der Waals surface area contributed by atoms with Gasteiger partial charge in [-0.3, -0.25) is 9.59 Å². The lowest BCUT2D eigenvalue weighted by Gasteiger charge is -2.23. The number of nitrogens with one attached hydrogen (secondary N) is 3. The molecule has 0 saturated heterocycles. The fourth-order valence-corrected chi connectivity index (χ4v) is 3.85. The van der Waals surface area contributed by atoms with Gasteiger partial charge in [-0.25, -0.2) is 4.98 Å². The third-order valence-corrected chi connectivity index (χ3v) is 5.29. The number of carbonyl (C=O) groups excluding carboxylic acids is 1.